The first-order chi connectivity index (χ1) is 9.14. The molecule has 0 aliphatic heterocycles. The van der Waals surface area contributed by atoms with Crippen LogP contribution in [0.4, 0.5) is 0 Å². The summed E-state index contributed by atoms with van der Waals surface area (Å²) in [4.78, 5) is 11.6. The number of nitrogens with two attached hydrogens (primary N) is 1. The molecule has 0 fully saturated rings. The van der Waals surface area contributed by atoms with Gasteiger partial charge in [0.15, 0.2) is 5.69 Å². The van der Waals surface area contributed by atoms with Gasteiger partial charge < -0.3 is 5.32 Å². The van der Waals surface area contributed by atoms with Crippen LogP contribution in [0.25, 0.3) is 0 Å². The zero-order chi connectivity index (χ0) is 15.5. The summed E-state index contributed by atoms with van der Waals surface area (Å²) in [6, 6.07) is 0. The van der Waals surface area contributed by atoms with Gasteiger partial charge in [0.05, 0.1) is 5.69 Å². The van der Waals surface area contributed by atoms with Crippen LogP contribution in [0, 0.1) is 0 Å². The molecule has 10 heteroatoms. The van der Waals surface area contributed by atoms with Crippen LogP contribution in [0.15, 0.2) is 4.90 Å². The Kier molecular flexibility index (Phi) is 5.42. The van der Waals surface area contributed by atoms with E-state index in [4.69, 9.17) is 5.14 Å². The lowest BCUT2D eigenvalue weighted by atomic mass is 10.1. The second-order valence-corrected chi connectivity index (χ2v) is 7.60. The summed E-state index contributed by atoms with van der Waals surface area (Å²) in [6.07, 6.45) is 1.51. The quantitative estimate of drug-likeness (QED) is 0.635. The molecule has 0 radical (unpaired) electrons. The fraction of sp³-hybridized carbons (Fsp3) is 0.600. The van der Waals surface area contributed by atoms with Crippen molar-refractivity contribution in [3.63, 3.8) is 0 Å². The summed E-state index contributed by atoms with van der Waals surface area (Å²) in [6.45, 7) is 3.67. The number of nitrogens with one attached hydrogen (secondary N) is 2. The van der Waals surface area contributed by atoms with E-state index in [0.717, 1.165) is 0 Å². The first-order valence-electron chi connectivity index (χ1n) is 5.84. The van der Waals surface area contributed by atoms with Crippen molar-refractivity contribution in [3.8, 4) is 0 Å². The number of aromatic amines is 1. The molecule has 114 valence electrons. The molecule has 0 spiro atoms. The number of primary sulfonamides is 1. The number of hydrogen-bond donors (Lipinski definition) is 3. The molecular formula is C10H18N4O4S2. The molecule has 1 aromatic rings. The van der Waals surface area contributed by atoms with Crippen LogP contribution in [0.2, 0.25) is 0 Å². The van der Waals surface area contributed by atoms with E-state index in [1.54, 1.807) is 13.8 Å². The molecule has 0 aliphatic rings. The van der Waals surface area contributed by atoms with E-state index in [0.29, 0.717) is 0 Å². The average Bonchev–Trinajstić information content (AvgIpc) is 2.72. The number of sulfonamides is 1. The SMILES string of the molecule is CC(C)c1[nH]nc(C(=O)NCCS(C)=O)c1S(N)(=O)=O. The van der Waals surface area contributed by atoms with Crippen LogP contribution >= 0.6 is 0 Å². The molecule has 1 unspecified atom stereocenters. The number of aromatic nitrogens is 2. The standard InChI is InChI=1S/C10H18N4O4S2/c1-6(2)7-9(20(11,17)18)8(14-13-7)10(15)12-4-5-19(3)16/h6H,4-5H2,1-3H3,(H,12,15)(H,13,14)(H2,11,17,18). The topological polar surface area (TPSA) is 135 Å². The molecule has 0 bridgehead atoms. The smallest absolute Gasteiger partial charge is 0.273 e. The van der Waals surface area contributed by atoms with Gasteiger partial charge in [-0.15, -0.1) is 0 Å². The number of carbonyl (C=O) groups excluding carboxylic acids is 1. The predicted octanol–water partition coefficient (Wildman–Crippen LogP) is -0.711. The lowest BCUT2D eigenvalue weighted by Crippen LogP contribution is -2.30. The fourth-order valence-electron chi connectivity index (χ4n) is 1.57. The Bertz CT molecular complexity index is 621. The van der Waals surface area contributed by atoms with Crippen LogP contribution in [-0.2, 0) is 20.8 Å². The van der Waals surface area contributed by atoms with Gasteiger partial charge >= 0.3 is 0 Å². The maximum Gasteiger partial charge on any atom is 0.273 e. The third-order valence-electron chi connectivity index (χ3n) is 2.50. The van der Waals surface area contributed by atoms with Crippen molar-refractivity contribution in [1.29, 1.82) is 0 Å². The maximum atomic E-state index is 11.9. The van der Waals surface area contributed by atoms with Crippen LogP contribution in [-0.4, -0.2) is 47.3 Å². The Morgan fingerprint density at radius 1 is 1.50 bits per heavy atom. The van der Waals surface area contributed by atoms with Gasteiger partial charge in [0.25, 0.3) is 5.91 Å². The van der Waals surface area contributed by atoms with Gasteiger partial charge in [0, 0.05) is 29.4 Å². The molecule has 0 aromatic carbocycles. The number of nitrogens with zero attached hydrogens (tertiary/aromatic N) is 1. The summed E-state index contributed by atoms with van der Waals surface area (Å²) >= 11 is 0. The summed E-state index contributed by atoms with van der Waals surface area (Å²) in [5, 5.41) is 13.9. The van der Waals surface area contributed by atoms with Crippen molar-refractivity contribution in [1.82, 2.24) is 15.5 Å². The van der Waals surface area contributed by atoms with E-state index in [1.165, 1.54) is 6.26 Å². The van der Waals surface area contributed by atoms with Crippen LogP contribution < -0.4 is 10.5 Å². The zero-order valence-electron chi connectivity index (χ0n) is 11.5. The highest BCUT2D eigenvalue weighted by molar-refractivity contribution is 7.89. The van der Waals surface area contributed by atoms with Crippen molar-refractivity contribution in [2.45, 2.75) is 24.7 Å². The summed E-state index contributed by atoms with van der Waals surface area (Å²) in [5.74, 6) is -0.569. The highest BCUT2D eigenvalue weighted by Gasteiger charge is 2.28. The number of hydrogen-bond acceptors (Lipinski definition) is 5. The van der Waals surface area contributed by atoms with Gasteiger partial charge in [0.1, 0.15) is 4.90 Å². The number of amides is 1. The predicted molar refractivity (Wildman–Crippen MR) is 75.3 cm³/mol. The largest absolute Gasteiger partial charge is 0.350 e. The molecule has 8 nitrogen and oxygen atoms in total. The lowest BCUT2D eigenvalue weighted by Gasteiger charge is -2.06. The van der Waals surface area contributed by atoms with Gasteiger partial charge in [0.2, 0.25) is 10.0 Å². The molecular weight excluding hydrogens is 304 g/mol. The van der Waals surface area contributed by atoms with Crippen LogP contribution in [0.5, 0.6) is 0 Å². The van der Waals surface area contributed by atoms with E-state index in [1.807, 2.05) is 0 Å². The summed E-state index contributed by atoms with van der Waals surface area (Å²) < 4.78 is 34.1. The van der Waals surface area contributed by atoms with Crippen molar-refractivity contribution in [2.75, 3.05) is 18.6 Å². The van der Waals surface area contributed by atoms with Gasteiger partial charge in [-0.3, -0.25) is 14.1 Å². The van der Waals surface area contributed by atoms with Gasteiger partial charge in [-0.25, -0.2) is 13.6 Å². The highest BCUT2D eigenvalue weighted by atomic mass is 32.2. The molecule has 0 aliphatic carbocycles. The Hall–Kier alpha value is -1.26. The molecule has 1 atom stereocenters. The number of carbonyl (C=O) groups is 1. The van der Waals surface area contributed by atoms with E-state index in [-0.39, 0.29) is 34.5 Å². The Morgan fingerprint density at radius 3 is 2.55 bits per heavy atom. The number of rotatable bonds is 6. The molecule has 1 heterocycles. The first-order valence-corrected chi connectivity index (χ1v) is 9.11. The maximum absolute atomic E-state index is 11.9. The third-order valence-corrected chi connectivity index (χ3v) is 4.26. The molecule has 4 N–H and O–H groups in total. The minimum Gasteiger partial charge on any atom is -0.350 e. The van der Waals surface area contributed by atoms with Crippen LogP contribution in [0.3, 0.4) is 0 Å². The Morgan fingerprint density at radius 2 is 2.10 bits per heavy atom. The minimum absolute atomic E-state index is 0.163. The fourth-order valence-corrected chi connectivity index (χ4v) is 2.96. The normalized spacial score (nSPS) is 13.4. The molecule has 0 saturated carbocycles. The van der Waals surface area contributed by atoms with Crippen molar-refractivity contribution < 1.29 is 17.4 Å². The monoisotopic (exact) mass is 322 g/mol. The molecule has 1 amide bonds. The zero-order valence-corrected chi connectivity index (χ0v) is 13.1. The second kappa shape index (κ2) is 6.46. The van der Waals surface area contributed by atoms with E-state index in [9.17, 15) is 17.4 Å². The van der Waals surface area contributed by atoms with Crippen molar-refractivity contribution in [3.05, 3.63) is 11.4 Å². The first kappa shape index (κ1) is 16.8. The average molecular weight is 322 g/mol. The van der Waals surface area contributed by atoms with E-state index < -0.39 is 26.7 Å². The second-order valence-electron chi connectivity index (χ2n) is 4.55. The van der Waals surface area contributed by atoms with Crippen molar-refractivity contribution >= 4 is 26.7 Å². The van der Waals surface area contributed by atoms with E-state index in [2.05, 4.69) is 15.5 Å². The van der Waals surface area contributed by atoms with Crippen LogP contribution in [0.1, 0.15) is 35.9 Å². The Balaban J connectivity index is 3.07. The molecule has 0 saturated heterocycles. The van der Waals surface area contributed by atoms with Gasteiger partial charge in [-0.1, -0.05) is 13.8 Å². The number of H-pyrrole nitrogens is 1. The lowest BCUT2D eigenvalue weighted by molar-refractivity contribution is 0.0948. The summed E-state index contributed by atoms with van der Waals surface area (Å²) in [5.41, 5.74) is 0.0230. The minimum atomic E-state index is -4.07. The molecule has 20 heavy (non-hydrogen) atoms. The van der Waals surface area contributed by atoms with Gasteiger partial charge in [-0.05, 0) is 5.92 Å². The molecule has 1 aromatic heterocycles. The Labute approximate surface area is 120 Å². The summed E-state index contributed by atoms with van der Waals surface area (Å²) in [7, 11) is -5.12. The van der Waals surface area contributed by atoms with Gasteiger partial charge in [-0.2, -0.15) is 5.10 Å². The molecule has 1 rings (SSSR count). The third kappa shape index (κ3) is 4.12. The van der Waals surface area contributed by atoms with E-state index >= 15 is 0 Å². The highest BCUT2D eigenvalue weighted by Crippen LogP contribution is 2.23. The van der Waals surface area contributed by atoms with Crippen molar-refractivity contribution in [2.24, 2.45) is 5.14 Å².